The van der Waals surface area contributed by atoms with Crippen molar-refractivity contribution >= 4 is 33.2 Å². The molecule has 158 valence electrons. The van der Waals surface area contributed by atoms with Crippen LogP contribution in [0.1, 0.15) is 15.9 Å². The molecule has 30 heavy (non-hydrogen) atoms. The summed E-state index contributed by atoms with van der Waals surface area (Å²) in [4.78, 5) is 12.7. The van der Waals surface area contributed by atoms with Crippen molar-refractivity contribution in [2.24, 2.45) is 0 Å². The van der Waals surface area contributed by atoms with E-state index in [1.165, 1.54) is 54.4 Å². The van der Waals surface area contributed by atoms with Gasteiger partial charge in [-0.1, -0.05) is 17.7 Å². The lowest BCUT2D eigenvalue weighted by molar-refractivity contribution is 0.102. The molecule has 1 N–H and O–H groups in total. The second-order valence-corrected chi connectivity index (χ2v) is 8.93. The number of rotatable bonds is 8. The van der Waals surface area contributed by atoms with Crippen LogP contribution in [0.25, 0.3) is 0 Å². The number of anilines is 1. The Labute approximate surface area is 178 Å². The zero-order valence-corrected chi connectivity index (χ0v) is 17.6. The van der Waals surface area contributed by atoms with Crippen molar-refractivity contribution in [3.63, 3.8) is 0 Å². The van der Waals surface area contributed by atoms with Gasteiger partial charge in [-0.3, -0.25) is 4.79 Å². The first-order valence-corrected chi connectivity index (χ1v) is 10.9. The summed E-state index contributed by atoms with van der Waals surface area (Å²) in [6, 6.07) is 11.7. The summed E-state index contributed by atoms with van der Waals surface area (Å²) in [6.07, 6.45) is 1.51. The quantitative estimate of drug-likeness (QED) is 0.567. The van der Waals surface area contributed by atoms with Gasteiger partial charge < -0.3 is 10.1 Å². The van der Waals surface area contributed by atoms with E-state index in [2.05, 4.69) is 10.4 Å². The summed E-state index contributed by atoms with van der Waals surface area (Å²) in [5.74, 6) is -0.695. The first-order valence-electron chi connectivity index (χ1n) is 8.89. The molecule has 10 heteroatoms. The van der Waals surface area contributed by atoms with Gasteiger partial charge in [0, 0.05) is 18.7 Å². The van der Waals surface area contributed by atoms with Crippen LogP contribution in [0.2, 0.25) is 5.02 Å². The molecule has 7 nitrogen and oxygen atoms in total. The van der Waals surface area contributed by atoms with Crippen LogP contribution in [-0.2, 0) is 21.1 Å². The molecule has 0 bridgehead atoms. The van der Waals surface area contributed by atoms with Crippen molar-refractivity contribution in [1.82, 2.24) is 9.78 Å². The van der Waals surface area contributed by atoms with E-state index < -0.39 is 21.6 Å². The number of nitrogens with zero attached hydrogens (tertiary/aromatic N) is 2. The number of nitrogens with one attached hydrogen (secondary N) is 1. The summed E-state index contributed by atoms with van der Waals surface area (Å²) in [5.41, 5.74) is 0.910. The molecule has 0 aliphatic rings. The van der Waals surface area contributed by atoms with Gasteiger partial charge in [-0.2, -0.15) is 5.10 Å². The number of sulfone groups is 1. The molecule has 1 amide bonds. The highest BCUT2D eigenvalue weighted by Crippen LogP contribution is 2.18. The second kappa shape index (κ2) is 9.38. The monoisotopic (exact) mass is 451 g/mol. The Morgan fingerprint density at radius 3 is 2.60 bits per heavy atom. The summed E-state index contributed by atoms with van der Waals surface area (Å²) in [6.45, 7) is 0.319. The summed E-state index contributed by atoms with van der Waals surface area (Å²) < 4.78 is 44.3. The number of hydrogen-bond acceptors (Lipinski definition) is 5. The van der Waals surface area contributed by atoms with Gasteiger partial charge in [0.25, 0.3) is 5.91 Å². The number of halogens is 2. The predicted octanol–water partition coefficient (Wildman–Crippen LogP) is 3.40. The van der Waals surface area contributed by atoms with Crippen molar-refractivity contribution in [1.29, 1.82) is 0 Å². The van der Waals surface area contributed by atoms with Gasteiger partial charge in [0.15, 0.2) is 9.84 Å². The van der Waals surface area contributed by atoms with Crippen LogP contribution in [0.3, 0.4) is 0 Å². The van der Waals surface area contributed by atoms with Gasteiger partial charge in [-0.05, 0) is 42.0 Å². The maximum atomic E-state index is 13.6. The molecule has 0 radical (unpaired) electrons. The Bertz CT molecular complexity index is 1150. The highest BCUT2D eigenvalue weighted by Gasteiger charge is 2.16. The van der Waals surface area contributed by atoms with Crippen molar-refractivity contribution in [2.75, 3.05) is 24.8 Å². The summed E-state index contributed by atoms with van der Waals surface area (Å²) in [7, 11) is -2.05. The summed E-state index contributed by atoms with van der Waals surface area (Å²) >= 11 is 5.70. The molecular formula is C20H19ClFN3O4S. The number of benzene rings is 2. The molecule has 3 rings (SSSR count). The maximum absolute atomic E-state index is 13.6. The van der Waals surface area contributed by atoms with E-state index >= 15 is 0 Å². The highest BCUT2D eigenvalue weighted by atomic mass is 35.5. The Morgan fingerprint density at radius 1 is 1.20 bits per heavy atom. The molecule has 0 saturated heterocycles. The van der Waals surface area contributed by atoms with Gasteiger partial charge in [0.05, 0.1) is 35.0 Å². The number of amides is 1. The van der Waals surface area contributed by atoms with Crippen LogP contribution in [-0.4, -0.2) is 43.6 Å². The summed E-state index contributed by atoms with van der Waals surface area (Å²) in [5, 5.41) is 6.89. The average Bonchev–Trinajstić information content (AvgIpc) is 3.16. The molecule has 0 atom stereocenters. The molecule has 0 unspecified atom stereocenters. The van der Waals surface area contributed by atoms with Gasteiger partial charge >= 0.3 is 0 Å². The van der Waals surface area contributed by atoms with Crippen LogP contribution in [0.4, 0.5) is 10.2 Å². The van der Waals surface area contributed by atoms with Crippen molar-refractivity contribution in [3.05, 3.63) is 76.7 Å². The van der Waals surface area contributed by atoms with E-state index in [9.17, 15) is 17.6 Å². The van der Waals surface area contributed by atoms with Crippen LogP contribution in [0.5, 0.6) is 0 Å². The van der Waals surface area contributed by atoms with Gasteiger partial charge in [0.1, 0.15) is 11.6 Å². The third-order valence-corrected chi connectivity index (χ3v) is 6.31. The lowest BCUT2D eigenvalue weighted by Crippen LogP contribution is -2.17. The van der Waals surface area contributed by atoms with Crippen LogP contribution >= 0.6 is 11.6 Å². The Kier molecular flexibility index (Phi) is 6.86. The molecule has 0 spiro atoms. The highest BCUT2D eigenvalue weighted by molar-refractivity contribution is 7.91. The van der Waals surface area contributed by atoms with Crippen LogP contribution in [0, 0.1) is 5.82 Å². The molecule has 3 aromatic rings. The van der Waals surface area contributed by atoms with E-state index in [-0.39, 0.29) is 34.4 Å². The number of methoxy groups -OCH3 is 1. The molecule has 2 aromatic carbocycles. The lowest BCUT2D eigenvalue weighted by atomic mass is 10.2. The Morgan fingerprint density at radius 2 is 1.93 bits per heavy atom. The first kappa shape index (κ1) is 21.9. The number of carbonyl (C=O) groups is 1. The van der Waals surface area contributed by atoms with Crippen LogP contribution < -0.4 is 5.32 Å². The normalized spacial score (nSPS) is 11.4. The standard InChI is InChI=1S/C20H19ClFN3O4S/c1-29-10-11-30(27,28)16-5-3-15(4-6-16)20(26)24-19-8-9-23-25(19)13-14-2-7-17(21)18(22)12-14/h2-9,12H,10-11,13H2,1H3,(H,24,26). The van der Waals surface area contributed by atoms with E-state index in [1.54, 1.807) is 12.1 Å². The number of carbonyl (C=O) groups excluding carboxylic acids is 1. The third kappa shape index (κ3) is 5.24. The van der Waals surface area contributed by atoms with E-state index in [0.29, 0.717) is 11.4 Å². The fraction of sp³-hybridized carbons (Fsp3) is 0.200. The minimum absolute atomic E-state index is 0.0282. The fourth-order valence-corrected chi connectivity index (χ4v) is 3.98. The van der Waals surface area contributed by atoms with Crippen molar-refractivity contribution in [3.8, 4) is 0 Å². The SMILES string of the molecule is COCCS(=O)(=O)c1ccc(C(=O)Nc2ccnn2Cc2ccc(Cl)c(F)c2)cc1. The van der Waals surface area contributed by atoms with E-state index in [0.717, 1.165) is 0 Å². The topological polar surface area (TPSA) is 90.3 Å². The van der Waals surface area contributed by atoms with Crippen molar-refractivity contribution < 1.29 is 22.3 Å². The Hall–Kier alpha value is -2.75. The molecule has 0 aliphatic carbocycles. The number of hydrogen-bond donors (Lipinski definition) is 1. The molecule has 0 fully saturated rings. The van der Waals surface area contributed by atoms with E-state index in [4.69, 9.17) is 16.3 Å². The zero-order valence-electron chi connectivity index (χ0n) is 16.0. The minimum atomic E-state index is -3.47. The molecule has 0 aliphatic heterocycles. The van der Waals surface area contributed by atoms with Crippen LogP contribution in [0.15, 0.2) is 59.6 Å². The first-order chi connectivity index (χ1) is 14.3. The molecule has 1 heterocycles. The smallest absolute Gasteiger partial charge is 0.256 e. The van der Waals surface area contributed by atoms with Gasteiger partial charge in [-0.25, -0.2) is 17.5 Å². The molecule has 0 saturated carbocycles. The van der Waals surface area contributed by atoms with E-state index in [1.807, 2.05) is 0 Å². The predicted molar refractivity (Wildman–Crippen MR) is 111 cm³/mol. The lowest BCUT2D eigenvalue weighted by Gasteiger charge is -2.10. The zero-order chi connectivity index (χ0) is 21.7. The average molecular weight is 452 g/mol. The largest absolute Gasteiger partial charge is 0.384 e. The molecule has 1 aromatic heterocycles. The second-order valence-electron chi connectivity index (χ2n) is 6.41. The van der Waals surface area contributed by atoms with Crippen molar-refractivity contribution in [2.45, 2.75) is 11.4 Å². The number of aromatic nitrogens is 2. The minimum Gasteiger partial charge on any atom is -0.384 e. The molecular weight excluding hydrogens is 433 g/mol. The number of ether oxygens (including phenoxy) is 1. The van der Waals surface area contributed by atoms with Gasteiger partial charge in [0.2, 0.25) is 0 Å². The third-order valence-electron chi connectivity index (χ3n) is 4.31. The maximum Gasteiger partial charge on any atom is 0.256 e. The Balaban J connectivity index is 1.71. The van der Waals surface area contributed by atoms with Gasteiger partial charge in [-0.15, -0.1) is 0 Å². The fourth-order valence-electron chi connectivity index (χ4n) is 2.69.